The van der Waals surface area contributed by atoms with Gasteiger partial charge in [0, 0.05) is 44.2 Å². The van der Waals surface area contributed by atoms with Crippen molar-refractivity contribution in [1.82, 2.24) is 4.90 Å². The van der Waals surface area contributed by atoms with E-state index in [0.29, 0.717) is 17.4 Å². The summed E-state index contributed by atoms with van der Waals surface area (Å²) in [6.07, 6.45) is 2.54. The van der Waals surface area contributed by atoms with Crippen molar-refractivity contribution in [1.29, 1.82) is 0 Å². The number of rotatable bonds is 6. The Morgan fingerprint density at radius 2 is 1.69 bits per heavy atom. The van der Waals surface area contributed by atoms with Gasteiger partial charge in [0.2, 0.25) is 5.91 Å². The molecule has 26 heavy (non-hydrogen) atoms. The number of benzene rings is 2. The smallest absolute Gasteiger partial charge is 0.223 e. The molecule has 0 radical (unpaired) electrons. The molecule has 2 aromatic rings. The van der Waals surface area contributed by atoms with Gasteiger partial charge >= 0.3 is 0 Å². The zero-order valence-electron chi connectivity index (χ0n) is 15.2. The normalized spacial score (nSPS) is 16.5. The van der Waals surface area contributed by atoms with Crippen molar-refractivity contribution in [2.75, 3.05) is 26.8 Å². The van der Waals surface area contributed by atoms with Crippen LogP contribution in [-0.2, 0) is 9.53 Å². The number of nitrogens with zero attached hydrogens (tertiary/aromatic N) is 1. The van der Waals surface area contributed by atoms with E-state index in [1.54, 1.807) is 7.11 Å². The molecular weight excluding hydrogens is 346 g/mol. The Balaban J connectivity index is 1.72. The van der Waals surface area contributed by atoms with Gasteiger partial charge in [0.15, 0.2) is 0 Å². The van der Waals surface area contributed by atoms with Crippen LogP contribution in [0.25, 0.3) is 0 Å². The molecule has 1 fully saturated rings. The van der Waals surface area contributed by atoms with Crippen LogP contribution in [0.15, 0.2) is 54.6 Å². The van der Waals surface area contributed by atoms with E-state index < -0.39 is 0 Å². The fourth-order valence-electron chi connectivity index (χ4n) is 3.70. The molecule has 138 valence electrons. The number of hydrogen-bond donors (Lipinski definition) is 0. The molecule has 0 aromatic heterocycles. The van der Waals surface area contributed by atoms with E-state index in [0.717, 1.165) is 43.7 Å². The van der Waals surface area contributed by atoms with Crippen LogP contribution in [0.3, 0.4) is 0 Å². The summed E-state index contributed by atoms with van der Waals surface area (Å²) in [4.78, 5) is 15.0. The van der Waals surface area contributed by atoms with E-state index in [2.05, 4.69) is 12.1 Å². The molecule has 0 bridgehead atoms. The topological polar surface area (TPSA) is 29.5 Å². The maximum Gasteiger partial charge on any atom is 0.223 e. The first kappa shape index (κ1) is 18.9. The first-order valence-corrected chi connectivity index (χ1v) is 9.62. The largest absolute Gasteiger partial charge is 0.384 e. The summed E-state index contributed by atoms with van der Waals surface area (Å²) >= 11 is 6.04. The van der Waals surface area contributed by atoms with Crippen molar-refractivity contribution in [3.63, 3.8) is 0 Å². The predicted octanol–water partition coefficient (Wildman–Crippen LogP) is 4.75. The summed E-state index contributed by atoms with van der Waals surface area (Å²) < 4.78 is 5.25. The van der Waals surface area contributed by atoms with E-state index >= 15 is 0 Å². The third-order valence-corrected chi connectivity index (χ3v) is 5.47. The van der Waals surface area contributed by atoms with Crippen LogP contribution in [0.2, 0.25) is 5.02 Å². The fraction of sp³-hybridized carbons (Fsp3) is 0.409. The number of likely N-dealkylation sites (tertiary alicyclic amines) is 1. The minimum Gasteiger partial charge on any atom is -0.384 e. The highest BCUT2D eigenvalue weighted by Gasteiger charge is 2.26. The third kappa shape index (κ3) is 4.87. The highest BCUT2D eigenvalue weighted by Crippen LogP contribution is 2.30. The number of piperidine rings is 1. The van der Waals surface area contributed by atoms with Crippen molar-refractivity contribution in [2.45, 2.75) is 25.2 Å². The molecule has 2 aromatic carbocycles. The summed E-state index contributed by atoms with van der Waals surface area (Å²) in [5.74, 6) is 0.854. The molecule has 3 rings (SSSR count). The molecule has 1 atom stereocenters. The van der Waals surface area contributed by atoms with Crippen molar-refractivity contribution in [2.24, 2.45) is 5.92 Å². The molecular formula is C22H26ClNO2. The zero-order chi connectivity index (χ0) is 18.4. The Morgan fingerprint density at radius 1 is 1.08 bits per heavy atom. The first-order valence-electron chi connectivity index (χ1n) is 9.24. The summed E-state index contributed by atoms with van der Waals surface area (Å²) in [7, 11) is 1.74. The van der Waals surface area contributed by atoms with Crippen LogP contribution in [0.1, 0.15) is 36.3 Å². The lowest BCUT2D eigenvalue weighted by Gasteiger charge is -2.33. The highest BCUT2D eigenvalue weighted by atomic mass is 35.5. The Bertz CT molecular complexity index is 694. The van der Waals surface area contributed by atoms with Crippen LogP contribution < -0.4 is 0 Å². The fourth-order valence-corrected chi connectivity index (χ4v) is 3.82. The van der Waals surface area contributed by atoms with Gasteiger partial charge in [-0.25, -0.2) is 0 Å². The average Bonchev–Trinajstić information content (AvgIpc) is 2.68. The van der Waals surface area contributed by atoms with Crippen LogP contribution >= 0.6 is 11.6 Å². The molecule has 1 heterocycles. The standard InChI is InChI=1S/C22H26ClNO2/c1-26-16-17-11-13-24(14-12-17)22(25)15-21(18-5-3-2-4-6-18)19-7-9-20(23)10-8-19/h2-10,17,21H,11-16H2,1H3/t21-/m1/s1. The van der Waals surface area contributed by atoms with Crippen LogP contribution in [-0.4, -0.2) is 37.6 Å². The minimum atomic E-state index is 0.0534. The molecule has 1 amide bonds. The molecule has 0 unspecified atom stereocenters. The van der Waals surface area contributed by atoms with Gasteiger partial charge in [-0.3, -0.25) is 4.79 Å². The number of carbonyl (C=O) groups is 1. The number of amides is 1. The van der Waals surface area contributed by atoms with E-state index in [9.17, 15) is 4.79 Å². The van der Waals surface area contributed by atoms with Gasteiger partial charge in [-0.05, 0) is 42.0 Å². The minimum absolute atomic E-state index is 0.0534. The van der Waals surface area contributed by atoms with Gasteiger partial charge in [0.25, 0.3) is 0 Å². The third-order valence-electron chi connectivity index (χ3n) is 5.22. The summed E-state index contributed by atoms with van der Waals surface area (Å²) in [5, 5.41) is 0.715. The van der Waals surface area contributed by atoms with Crippen molar-refractivity contribution in [3.8, 4) is 0 Å². The van der Waals surface area contributed by atoms with E-state index in [-0.39, 0.29) is 11.8 Å². The Morgan fingerprint density at radius 3 is 2.31 bits per heavy atom. The average molecular weight is 372 g/mol. The number of methoxy groups -OCH3 is 1. The lowest BCUT2D eigenvalue weighted by Crippen LogP contribution is -2.39. The number of hydrogen-bond acceptors (Lipinski definition) is 2. The van der Waals surface area contributed by atoms with Crippen molar-refractivity contribution >= 4 is 17.5 Å². The lowest BCUT2D eigenvalue weighted by molar-refractivity contribution is -0.133. The van der Waals surface area contributed by atoms with E-state index in [1.165, 1.54) is 0 Å². The van der Waals surface area contributed by atoms with Gasteiger partial charge in [0.05, 0.1) is 0 Å². The lowest BCUT2D eigenvalue weighted by atomic mass is 9.87. The summed E-state index contributed by atoms with van der Waals surface area (Å²) in [6.45, 7) is 2.45. The van der Waals surface area contributed by atoms with E-state index in [4.69, 9.17) is 16.3 Å². The maximum absolute atomic E-state index is 13.0. The molecule has 0 N–H and O–H groups in total. The van der Waals surface area contributed by atoms with Crippen molar-refractivity contribution in [3.05, 3.63) is 70.7 Å². The molecule has 1 aliphatic heterocycles. The van der Waals surface area contributed by atoms with Crippen molar-refractivity contribution < 1.29 is 9.53 Å². The Hall–Kier alpha value is -1.84. The monoisotopic (exact) mass is 371 g/mol. The number of carbonyl (C=O) groups excluding carboxylic acids is 1. The molecule has 4 heteroatoms. The highest BCUT2D eigenvalue weighted by molar-refractivity contribution is 6.30. The van der Waals surface area contributed by atoms with Crippen LogP contribution in [0.5, 0.6) is 0 Å². The van der Waals surface area contributed by atoms with Gasteiger partial charge in [-0.1, -0.05) is 54.1 Å². The predicted molar refractivity (Wildman–Crippen MR) is 106 cm³/mol. The second-order valence-electron chi connectivity index (χ2n) is 7.00. The number of ether oxygens (including phenoxy) is 1. The first-order chi connectivity index (χ1) is 12.7. The number of halogens is 1. The van der Waals surface area contributed by atoms with Gasteiger partial charge in [-0.15, -0.1) is 0 Å². The molecule has 1 saturated heterocycles. The zero-order valence-corrected chi connectivity index (χ0v) is 16.0. The van der Waals surface area contributed by atoms with Gasteiger partial charge in [-0.2, -0.15) is 0 Å². The Kier molecular flexibility index (Phi) is 6.70. The van der Waals surface area contributed by atoms with Crippen LogP contribution in [0.4, 0.5) is 0 Å². The second-order valence-corrected chi connectivity index (χ2v) is 7.43. The molecule has 0 saturated carbocycles. The quantitative estimate of drug-likeness (QED) is 0.733. The summed E-state index contributed by atoms with van der Waals surface area (Å²) in [5.41, 5.74) is 2.29. The molecule has 3 nitrogen and oxygen atoms in total. The van der Waals surface area contributed by atoms with E-state index in [1.807, 2.05) is 47.4 Å². The molecule has 0 aliphatic carbocycles. The molecule has 0 spiro atoms. The SMILES string of the molecule is COCC1CCN(C(=O)C[C@H](c2ccccc2)c2ccc(Cl)cc2)CC1. The maximum atomic E-state index is 13.0. The van der Waals surface area contributed by atoms with Gasteiger partial charge in [0.1, 0.15) is 0 Å². The Labute approximate surface area is 160 Å². The van der Waals surface area contributed by atoms with Crippen LogP contribution in [0, 0.1) is 5.92 Å². The summed E-state index contributed by atoms with van der Waals surface area (Å²) in [6, 6.07) is 18.1. The van der Waals surface area contributed by atoms with Gasteiger partial charge < -0.3 is 9.64 Å². The second kappa shape index (κ2) is 9.20. The molecule has 1 aliphatic rings.